The molecule has 0 aliphatic carbocycles. The van der Waals surface area contributed by atoms with Gasteiger partial charge in [0, 0.05) is 6.42 Å². The minimum atomic E-state index is -0.277. The van der Waals surface area contributed by atoms with Gasteiger partial charge in [-0.2, -0.15) is 0 Å². The van der Waals surface area contributed by atoms with Gasteiger partial charge in [0.05, 0.1) is 0 Å². The maximum absolute atomic E-state index is 12.3. The number of esters is 1. The van der Waals surface area contributed by atoms with Crippen molar-refractivity contribution in [3.8, 4) is 0 Å². The molecule has 0 bridgehead atoms. The Balaban J connectivity index is 4.12. The molecule has 4 heteroatoms. The number of ether oxygens (including phenoxy) is 1. The molecule has 0 aliphatic heterocycles. The van der Waals surface area contributed by atoms with E-state index in [4.69, 9.17) is 4.74 Å². The van der Waals surface area contributed by atoms with Gasteiger partial charge >= 0.3 is 5.97 Å². The monoisotopic (exact) mass is 453 g/mol. The number of amides is 1. The van der Waals surface area contributed by atoms with Crippen molar-refractivity contribution in [1.82, 2.24) is 5.32 Å². The van der Waals surface area contributed by atoms with Crippen LogP contribution in [-0.4, -0.2) is 24.5 Å². The minimum Gasteiger partial charge on any atom is -0.461 e. The van der Waals surface area contributed by atoms with Crippen molar-refractivity contribution in [3.63, 3.8) is 0 Å². The Kier molecular flexibility index (Phi) is 23.8. The van der Waals surface area contributed by atoms with Gasteiger partial charge in [-0.05, 0) is 32.1 Å². The molecular formula is C28H55NO3. The van der Waals surface area contributed by atoms with Crippen LogP contribution in [0.1, 0.15) is 156 Å². The van der Waals surface area contributed by atoms with E-state index in [0.29, 0.717) is 6.42 Å². The molecule has 0 spiro atoms. The third-order valence-electron chi connectivity index (χ3n) is 6.24. The first-order valence-corrected chi connectivity index (χ1v) is 14.1. The van der Waals surface area contributed by atoms with E-state index in [9.17, 15) is 9.59 Å². The summed E-state index contributed by atoms with van der Waals surface area (Å²) in [6, 6.07) is 0. The van der Waals surface area contributed by atoms with E-state index in [1.807, 2.05) is 0 Å². The molecular weight excluding hydrogens is 398 g/mol. The summed E-state index contributed by atoms with van der Waals surface area (Å²) in [4.78, 5) is 24.1. The molecule has 0 saturated carbocycles. The summed E-state index contributed by atoms with van der Waals surface area (Å²) < 4.78 is 5.77. The zero-order valence-electron chi connectivity index (χ0n) is 21.9. The van der Waals surface area contributed by atoms with Crippen LogP contribution in [0, 0.1) is 0 Å². The van der Waals surface area contributed by atoms with Crippen LogP contribution in [0.25, 0.3) is 0 Å². The van der Waals surface area contributed by atoms with E-state index in [0.717, 1.165) is 44.9 Å². The molecule has 0 aromatic carbocycles. The molecule has 1 atom stereocenters. The highest BCUT2D eigenvalue weighted by atomic mass is 16.5. The van der Waals surface area contributed by atoms with Crippen molar-refractivity contribution in [2.75, 3.05) is 6.54 Å². The molecule has 0 aliphatic rings. The first-order valence-electron chi connectivity index (χ1n) is 14.1. The molecule has 0 fully saturated rings. The molecule has 1 amide bonds. The number of carbonyl (C=O) groups excluding carboxylic acids is 2. The van der Waals surface area contributed by atoms with Crippen LogP contribution in [0.5, 0.6) is 0 Å². The summed E-state index contributed by atoms with van der Waals surface area (Å²) >= 11 is 0. The number of hydrogen-bond donors (Lipinski definition) is 1. The van der Waals surface area contributed by atoms with Crippen LogP contribution in [0.15, 0.2) is 0 Å². The fourth-order valence-corrected chi connectivity index (χ4v) is 4.12. The van der Waals surface area contributed by atoms with E-state index >= 15 is 0 Å². The molecule has 0 aromatic heterocycles. The maximum atomic E-state index is 12.3. The fraction of sp³-hybridized carbons (Fsp3) is 0.929. The number of nitrogens with one attached hydrogen (secondary N) is 1. The summed E-state index contributed by atoms with van der Waals surface area (Å²) in [7, 11) is 0. The Bertz CT molecular complexity index is 425. The topological polar surface area (TPSA) is 55.4 Å². The molecule has 0 saturated heterocycles. The molecule has 0 heterocycles. The molecule has 0 aromatic rings. The second-order valence-corrected chi connectivity index (χ2v) is 9.52. The van der Waals surface area contributed by atoms with Crippen LogP contribution in [-0.2, 0) is 14.3 Å². The molecule has 1 unspecified atom stereocenters. The first kappa shape index (κ1) is 30.9. The molecule has 0 rings (SSSR count). The Morgan fingerprint density at radius 2 is 1.00 bits per heavy atom. The van der Waals surface area contributed by atoms with Crippen molar-refractivity contribution in [2.45, 2.75) is 162 Å². The van der Waals surface area contributed by atoms with Crippen LogP contribution >= 0.6 is 0 Å². The molecule has 1 N–H and O–H groups in total. The first-order chi connectivity index (χ1) is 15.6. The van der Waals surface area contributed by atoms with Gasteiger partial charge in [0.1, 0.15) is 12.6 Å². The number of rotatable bonds is 24. The predicted octanol–water partition coefficient (Wildman–Crippen LogP) is 8.27. The quantitative estimate of drug-likeness (QED) is 0.118. The zero-order valence-corrected chi connectivity index (χ0v) is 21.9. The lowest BCUT2D eigenvalue weighted by Gasteiger charge is -2.18. The van der Waals surface area contributed by atoms with Gasteiger partial charge in [-0.15, -0.1) is 0 Å². The Labute approximate surface area is 200 Å². The third kappa shape index (κ3) is 22.1. The van der Waals surface area contributed by atoms with Gasteiger partial charge in [-0.25, -0.2) is 0 Å². The molecule has 32 heavy (non-hydrogen) atoms. The van der Waals surface area contributed by atoms with E-state index in [1.54, 1.807) is 0 Å². The highest BCUT2D eigenvalue weighted by molar-refractivity contribution is 5.81. The van der Waals surface area contributed by atoms with Crippen LogP contribution in [0.2, 0.25) is 0 Å². The van der Waals surface area contributed by atoms with Crippen molar-refractivity contribution in [1.29, 1.82) is 0 Å². The van der Waals surface area contributed by atoms with Gasteiger partial charge in [0.2, 0.25) is 5.91 Å². The largest absolute Gasteiger partial charge is 0.461 e. The molecule has 0 radical (unpaired) electrons. The van der Waals surface area contributed by atoms with Crippen LogP contribution in [0.4, 0.5) is 0 Å². The normalized spacial score (nSPS) is 12.0. The number of unbranched alkanes of at least 4 members (excludes halogenated alkanes) is 15. The smallest absolute Gasteiger partial charge is 0.325 e. The van der Waals surface area contributed by atoms with Crippen molar-refractivity contribution >= 4 is 11.9 Å². The lowest BCUT2D eigenvalue weighted by atomic mass is 10.0. The van der Waals surface area contributed by atoms with Crippen molar-refractivity contribution in [2.24, 2.45) is 0 Å². The van der Waals surface area contributed by atoms with E-state index in [1.165, 1.54) is 83.5 Å². The number of carbonyl (C=O) groups is 2. The van der Waals surface area contributed by atoms with Gasteiger partial charge in [0.25, 0.3) is 0 Å². The van der Waals surface area contributed by atoms with Gasteiger partial charge in [-0.1, -0.05) is 117 Å². The standard InChI is InChI=1S/C28H55NO3/c1-4-7-10-12-14-15-16-18-21-23-26(22-20-17-13-11-8-5-2)32-28(31)25-29-27(30)24-19-9-6-3/h26H,4-25H2,1-3H3,(H,29,30). The molecule has 4 nitrogen and oxygen atoms in total. The van der Waals surface area contributed by atoms with Gasteiger partial charge < -0.3 is 10.1 Å². The minimum absolute atomic E-state index is 0.00947. The van der Waals surface area contributed by atoms with E-state index in [2.05, 4.69) is 26.1 Å². The average molecular weight is 454 g/mol. The Morgan fingerprint density at radius 3 is 1.47 bits per heavy atom. The SMILES string of the molecule is CCCCCCCCCCCC(CCCCCCCC)OC(=O)CNC(=O)CCCCC. The highest BCUT2D eigenvalue weighted by Crippen LogP contribution is 2.17. The summed E-state index contributed by atoms with van der Waals surface area (Å²) in [5.41, 5.74) is 0. The summed E-state index contributed by atoms with van der Waals surface area (Å²) in [6.07, 6.45) is 24.7. The lowest BCUT2D eigenvalue weighted by molar-refractivity contribution is -0.149. The Hall–Kier alpha value is -1.06. The fourth-order valence-electron chi connectivity index (χ4n) is 4.12. The van der Waals surface area contributed by atoms with Crippen LogP contribution < -0.4 is 5.32 Å². The van der Waals surface area contributed by atoms with Crippen molar-refractivity contribution < 1.29 is 14.3 Å². The van der Waals surface area contributed by atoms with Crippen molar-refractivity contribution in [3.05, 3.63) is 0 Å². The van der Waals surface area contributed by atoms with Gasteiger partial charge in [-0.3, -0.25) is 9.59 Å². The van der Waals surface area contributed by atoms with E-state index in [-0.39, 0.29) is 24.5 Å². The van der Waals surface area contributed by atoms with Gasteiger partial charge in [0.15, 0.2) is 0 Å². The highest BCUT2D eigenvalue weighted by Gasteiger charge is 2.15. The summed E-state index contributed by atoms with van der Waals surface area (Å²) in [5, 5.41) is 2.73. The predicted molar refractivity (Wildman–Crippen MR) is 137 cm³/mol. The zero-order chi connectivity index (χ0) is 23.7. The van der Waals surface area contributed by atoms with Crippen LogP contribution in [0.3, 0.4) is 0 Å². The Morgan fingerprint density at radius 1 is 0.594 bits per heavy atom. The maximum Gasteiger partial charge on any atom is 0.325 e. The molecule has 190 valence electrons. The average Bonchev–Trinajstić information content (AvgIpc) is 2.78. The summed E-state index contributed by atoms with van der Waals surface area (Å²) in [5.74, 6) is -0.317. The third-order valence-corrected chi connectivity index (χ3v) is 6.24. The van der Waals surface area contributed by atoms with E-state index < -0.39 is 0 Å². The second-order valence-electron chi connectivity index (χ2n) is 9.52. The second kappa shape index (κ2) is 24.6. The summed E-state index contributed by atoms with van der Waals surface area (Å²) in [6.45, 7) is 6.63. The lowest BCUT2D eigenvalue weighted by Crippen LogP contribution is -2.32. The number of hydrogen-bond acceptors (Lipinski definition) is 3.